The average Bonchev–Trinajstić information content (AvgIpc) is 1.98. The summed E-state index contributed by atoms with van der Waals surface area (Å²) in [6.07, 6.45) is 0.383. The topological polar surface area (TPSA) is 137 Å². The van der Waals surface area contributed by atoms with Gasteiger partial charge in [-0.05, 0) is 24.1 Å². The van der Waals surface area contributed by atoms with Crippen LogP contribution in [0.25, 0.3) is 0 Å². The second-order valence-corrected chi connectivity index (χ2v) is 2.28. The Morgan fingerprint density at radius 1 is 1.07 bits per heavy atom. The van der Waals surface area contributed by atoms with E-state index in [4.69, 9.17) is 10.2 Å². The highest BCUT2D eigenvalue weighted by Crippen LogP contribution is 2.24. The van der Waals surface area contributed by atoms with Crippen LogP contribution in [0.3, 0.4) is 0 Å². The molecule has 0 heterocycles. The maximum atomic E-state index is 10.2. The van der Waals surface area contributed by atoms with E-state index in [-0.39, 0.29) is 42.8 Å². The van der Waals surface area contributed by atoms with Crippen LogP contribution in [-0.4, -0.2) is 16.8 Å². The lowest BCUT2D eigenvalue weighted by molar-refractivity contribution is -0.366. The first kappa shape index (κ1) is 18.7. The van der Waals surface area contributed by atoms with Crippen molar-refractivity contribution in [1.29, 1.82) is 0 Å². The minimum absolute atomic E-state index is 0. The molecule has 0 aliphatic rings. The summed E-state index contributed by atoms with van der Waals surface area (Å²) in [5, 5.41) is 28.0. The molecular formula is C8H17ClN2O3. The van der Waals surface area contributed by atoms with Gasteiger partial charge in [0, 0.05) is 0 Å². The summed E-state index contributed by atoms with van der Waals surface area (Å²) >= 11 is 0. The fourth-order valence-electron chi connectivity index (χ4n) is 0.842. The first-order chi connectivity index (χ1) is 5.24. The van der Waals surface area contributed by atoms with Gasteiger partial charge in [-0.3, -0.25) is 0 Å². The summed E-state index contributed by atoms with van der Waals surface area (Å²) < 4.78 is 0. The first-order valence-corrected chi connectivity index (χ1v) is 3.33. The second kappa shape index (κ2) is 8.58. The van der Waals surface area contributed by atoms with Crippen molar-refractivity contribution >= 4 is 0 Å². The minimum atomic E-state index is -0.204. The Balaban J connectivity index is -0.000000403. The lowest BCUT2D eigenvalue weighted by Gasteiger charge is -2.04. The van der Waals surface area contributed by atoms with E-state index < -0.39 is 0 Å². The van der Waals surface area contributed by atoms with E-state index >= 15 is 0 Å². The molecule has 0 amide bonds. The molecule has 0 bridgehead atoms. The van der Waals surface area contributed by atoms with Crippen LogP contribution in [0.5, 0.6) is 11.5 Å². The van der Waals surface area contributed by atoms with Gasteiger partial charge >= 0.3 is 0 Å². The number of halogens is 1. The van der Waals surface area contributed by atoms with Crippen LogP contribution in [0.2, 0.25) is 0 Å². The van der Waals surface area contributed by atoms with Crippen molar-refractivity contribution in [2.75, 3.05) is 6.61 Å². The van der Waals surface area contributed by atoms with Crippen LogP contribution < -0.4 is 29.8 Å². The molecule has 0 saturated heterocycles. The Morgan fingerprint density at radius 2 is 1.64 bits per heavy atom. The van der Waals surface area contributed by atoms with Crippen LogP contribution in [0.4, 0.5) is 0 Å². The van der Waals surface area contributed by atoms with Crippen molar-refractivity contribution in [3.05, 3.63) is 23.8 Å². The van der Waals surface area contributed by atoms with Gasteiger partial charge in [-0.2, -0.15) is 0 Å². The largest absolute Gasteiger partial charge is 1.00 e. The number of hydrogen-bond acceptors (Lipinski definition) is 3. The predicted octanol–water partition coefficient (Wildman–Crippen LogP) is -2.24. The SMILES string of the molecule is [Cl-].[NH4+].[NH4+].[O-]CCc1ccc(O)c(O)c1. The second-order valence-electron chi connectivity index (χ2n) is 2.28. The monoisotopic (exact) mass is 224 g/mol. The number of rotatable bonds is 2. The van der Waals surface area contributed by atoms with E-state index in [1.165, 1.54) is 12.1 Å². The van der Waals surface area contributed by atoms with Crippen molar-refractivity contribution in [1.82, 2.24) is 12.3 Å². The van der Waals surface area contributed by atoms with Crippen LogP contribution in [-0.2, 0) is 6.42 Å². The van der Waals surface area contributed by atoms with E-state index in [9.17, 15) is 5.11 Å². The van der Waals surface area contributed by atoms with Crippen LogP contribution in [0.1, 0.15) is 5.56 Å². The van der Waals surface area contributed by atoms with Gasteiger partial charge in [-0.1, -0.05) is 6.07 Å². The van der Waals surface area contributed by atoms with Crippen LogP contribution in [0, 0.1) is 0 Å². The lowest BCUT2D eigenvalue weighted by Crippen LogP contribution is -3.00. The summed E-state index contributed by atoms with van der Waals surface area (Å²) in [6, 6.07) is 4.39. The molecule has 1 aromatic carbocycles. The van der Waals surface area contributed by atoms with E-state index in [2.05, 4.69) is 0 Å². The Labute approximate surface area is 89.0 Å². The highest BCUT2D eigenvalue weighted by molar-refractivity contribution is 5.40. The highest BCUT2D eigenvalue weighted by Gasteiger charge is 1.97. The standard InChI is InChI=1S/C8H9O3.ClH.2H3N/c9-4-3-6-1-2-7(10)8(11)5-6;;;/h1-2,5,10-11H,3-4H2;1H;2*1H3/q-1;;;/p+1. The average molecular weight is 225 g/mol. The molecule has 1 rings (SSSR count). The fourth-order valence-corrected chi connectivity index (χ4v) is 0.842. The van der Waals surface area contributed by atoms with Crippen molar-refractivity contribution in [3.8, 4) is 11.5 Å². The molecule has 0 radical (unpaired) electrons. The smallest absolute Gasteiger partial charge is 0.157 e. The molecule has 0 aliphatic carbocycles. The minimum Gasteiger partial charge on any atom is -1.00 e. The molecule has 0 unspecified atom stereocenters. The molecule has 14 heavy (non-hydrogen) atoms. The van der Waals surface area contributed by atoms with Crippen molar-refractivity contribution in [3.63, 3.8) is 0 Å². The quantitative estimate of drug-likeness (QED) is 0.423. The zero-order chi connectivity index (χ0) is 8.27. The van der Waals surface area contributed by atoms with Crippen molar-refractivity contribution < 1.29 is 27.7 Å². The van der Waals surface area contributed by atoms with Gasteiger partial charge in [0.25, 0.3) is 0 Å². The molecule has 0 spiro atoms. The third-order valence-corrected chi connectivity index (χ3v) is 1.43. The number of phenols is 2. The first-order valence-electron chi connectivity index (χ1n) is 3.33. The zero-order valence-electron chi connectivity index (χ0n) is 8.33. The van der Waals surface area contributed by atoms with Crippen molar-refractivity contribution in [2.45, 2.75) is 6.42 Å². The molecular weight excluding hydrogens is 208 g/mol. The molecule has 0 fully saturated rings. The summed E-state index contributed by atoms with van der Waals surface area (Å²) in [5.74, 6) is -0.324. The summed E-state index contributed by atoms with van der Waals surface area (Å²) in [7, 11) is 0. The molecule has 10 N–H and O–H groups in total. The number of phenolic OH excluding ortho intramolecular Hbond substituents is 2. The third kappa shape index (κ3) is 4.88. The van der Waals surface area contributed by atoms with Gasteiger partial charge in [0.15, 0.2) is 11.5 Å². The Morgan fingerprint density at radius 3 is 2.07 bits per heavy atom. The van der Waals surface area contributed by atoms with E-state index in [1.54, 1.807) is 6.07 Å². The number of hydrogen-bond donors (Lipinski definition) is 4. The molecule has 5 nitrogen and oxygen atoms in total. The Bertz CT molecular complexity index is 258. The van der Waals surface area contributed by atoms with Gasteiger partial charge in [0.05, 0.1) is 0 Å². The maximum absolute atomic E-state index is 10.2. The third-order valence-electron chi connectivity index (χ3n) is 1.43. The van der Waals surface area contributed by atoms with Crippen LogP contribution >= 0.6 is 0 Å². The number of aromatic hydroxyl groups is 2. The fraction of sp³-hybridized carbons (Fsp3) is 0.250. The molecule has 0 aromatic heterocycles. The van der Waals surface area contributed by atoms with E-state index in [0.717, 1.165) is 5.56 Å². The van der Waals surface area contributed by atoms with Gasteiger partial charge in [0.1, 0.15) is 0 Å². The van der Waals surface area contributed by atoms with Gasteiger partial charge in [-0.25, -0.2) is 0 Å². The molecule has 6 heteroatoms. The van der Waals surface area contributed by atoms with E-state index in [1.807, 2.05) is 0 Å². The Hall–Kier alpha value is -1.01. The Kier molecular flexibility index (Phi) is 11.5. The molecule has 1 aromatic rings. The highest BCUT2D eigenvalue weighted by atomic mass is 35.5. The summed E-state index contributed by atoms with van der Waals surface area (Å²) in [6.45, 7) is -0.204. The van der Waals surface area contributed by atoms with E-state index in [0.29, 0.717) is 6.42 Å². The molecule has 0 atom stereocenters. The molecule has 0 saturated carbocycles. The lowest BCUT2D eigenvalue weighted by atomic mass is 10.1. The van der Waals surface area contributed by atoms with Crippen molar-refractivity contribution in [2.24, 2.45) is 0 Å². The van der Waals surface area contributed by atoms with Gasteiger partial charge in [-0.15, -0.1) is 6.61 Å². The summed E-state index contributed by atoms with van der Waals surface area (Å²) in [4.78, 5) is 0. The molecule has 0 aliphatic heterocycles. The summed E-state index contributed by atoms with van der Waals surface area (Å²) in [5.41, 5.74) is 0.746. The van der Waals surface area contributed by atoms with Gasteiger partial charge < -0.3 is 40.0 Å². The zero-order valence-corrected chi connectivity index (χ0v) is 9.08. The molecule has 84 valence electrons. The van der Waals surface area contributed by atoms with Gasteiger partial charge in [0.2, 0.25) is 0 Å². The number of benzene rings is 1. The maximum Gasteiger partial charge on any atom is 0.157 e. The normalized spacial score (nSPS) is 7.79. The predicted molar refractivity (Wildman–Crippen MR) is 50.3 cm³/mol. The number of quaternary nitrogens is 2. The van der Waals surface area contributed by atoms with Crippen LogP contribution in [0.15, 0.2) is 18.2 Å².